The molecule has 110 valence electrons. The molecule has 1 heterocycles. The third-order valence-electron chi connectivity index (χ3n) is 4.98. The molecule has 2 nitrogen and oxygen atoms in total. The van der Waals surface area contributed by atoms with Gasteiger partial charge in [-0.25, -0.2) is 0 Å². The number of piperidine rings is 1. The van der Waals surface area contributed by atoms with Gasteiger partial charge in [-0.2, -0.15) is 0 Å². The van der Waals surface area contributed by atoms with E-state index in [1.807, 2.05) is 0 Å². The lowest BCUT2D eigenvalue weighted by atomic mass is 9.92. The van der Waals surface area contributed by atoms with Crippen LogP contribution >= 0.6 is 15.9 Å². The van der Waals surface area contributed by atoms with E-state index >= 15 is 0 Å². The van der Waals surface area contributed by atoms with Crippen LogP contribution in [0.1, 0.15) is 64.7 Å². The van der Waals surface area contributed by atoms with Crippen LogP contribution in [0.15, 0.2) is 0 Å². The van der Waals surface area contributed by atoms with E-state index in [9.17, 15) is 4.79 Å². The zero-order valence-corrected chi connectivity index (χ0v) is 13.8. The number of nitrogens with zero attached hydrogens (tertiary/aromatic N) is 1. The molecule has 2 aliphatic rings. The normalized spacial score (nSPS) is 25.1. The van der Waals surface area contributed by atoms with E-state index in [-0.39, 0.29) is 0 Å². The molecule has 19 heavy (non-hydrogen) atoms. The Labute approximate surface area is 126 Å². The van der Waals surface area contributed by atoms with Crippen LogP contribution in [0.2, 0.25) is 0 Å². The maximum absolute atomic E-state index is 12.4. The third-order valence-corrected chi connectivity index (χ3v) is 5.73. The molecule has 0 aromatic rings. The summed E-state index contributed by atoms with van der Waals surface area (Å²) >= 11 is 3.68. The summed E-state index contributed by atoms with van der Waals surface area (Å²) in [4.78, 5) is 15.1. The average molecular weight is 330 g/mol. The SMILES string of the molecule is CC(Br)C1CCN(C(=O)CC2CCCCCC2)CC1. The van der Waals surface area contributed by atoms with Crippen LogP contribution in [0.4, 0.5) is 0 Å². The molecule has 0 bridgehead atoms. The van der Waals surface area contributed by atoms with Gasteiger partial charge in [0, 0.05) is 24.3 Å². The van der Waals surface area contributed by atoms with Crippen molar-refractivity contribution in [2.75, 3.05) is 13.1 Å². The maximum atomic E-state index is 12.4. The summed E-state index contributed by atoms with van der Waals surface area (Å²) in [5.41, 5.74) is 0. The second-order valence-corrected chi connectivity index (χ2v) is 7.90. The molecule has 0 aromatic carbocycles. The summed E-state index contributed by atoms with van der Waals surface area (Å²) in [6.45, 7) is 4.19. The lowest BCUT2D eigenvalue weighted by Crippen LogP contribution is -2.40. The molecule has 2 fully saturated rings. The van der Waals surface area contributed by atoms with Gasteiger partial charge in [-0.1, -0.05) is 48.5 Å². The van der Waals surface area contributed by atoms with Gasteiger partial charge in [-0.15, -0.1) is 0 Å². The number of hydrogen-bond acceptors (Lipinski definition) is 1. The van der Waals surface area contributed by atoms with E-state index in [2.05, 4.69) is 27.8 Å². The van der Waals surface area contributed by atoms with Gasteiger partial charge in [-0.05, 0) is 37.5 Å². The minimum absolute atomic E-state index is 0.424. The van der Waals surface area contributed by atoms with Crippen molar-refractivity contribution in [1.82, 2.24) is 4.90 Å². The second kappa shape index (κ2) is 7.66. The Kier molecular flexibility index (Phi) is 6.18. The molecule has 1 aliphatic heterocycles. The zero-order valence-electron chi connectivity index (χ0n) is 12.2. The van der Waals surface area contributed by atoms with Gasteiger partial charge >= 0.3 is 0 Å². The van der Waals surface area contributed by atoms with E-state index in [1.54, 1.807) is 0 Å². The topological polar surface area (TPSA) is 20.3 Å². The summed E-state index contributed by atoms with van der Waals surface area (Å²) < 4.78 is 0. The van der Waals surface area contributed by atoms with Crippen LogP contribution in [0.5, 0.6) is 0 Å². The first-order valence-electron chi connectivity index (χ1n) is 8.08. The van der Waals surface area contributed by atoms with Crippen LogP contribution in [-0.4, -0.2) is 28.7 Å². The number of likely N-dealkylation sites (tertiary alicyclic amines) is 1. The molecule has 1 atom stereocenters. The number of amides is 1. The van der Waals surface area contributed by atoms with E-state index in [4.69, 9.17) is 0 Å². The minimum atomic E-state index is 0.424. The van der Waals surface area contributed by atoms with Crippen LogP contribution in [0.25, 0.3) is 0 Å². The van der Waals surface area contributed by atoms with Gasteiger partial charge < -0.3 is 4.90 Å². The Bertz CT molecular complexity index is 276. The fourth-order valence-corrected chi connectivity index (χ4v) is 4.08. The van der Waals surface area contributed by atoms with Crippen molar-refractivity contribution in [2.45, 2.75) is 69.5 Å². The van der Waals surface area contributed by atoms with Crippen molar-refractivity contribution in [2.24, 2.45) is 11.8 Å². The number of hydrogen-bond donors (Lipinski definition) is 0. The van der Waals surface area contributed by atoms with Gasteiger partial charge in [0.2, 0.25) is 5.91 Å². The quantitative estimate of drug-likeness (QED) is 0.556. The molecule has 1 amide bonds. The highest BCUT2D eigenvalue weighted by atomic mass is 79.9. The fraction of sp³-hybridized carbons (Fsp3) is 0.938. The molecular formula is C16H28BrNO. The Balaban J connectivity index is 1.74. The molecule has 0 radical (unpaired) electrons. The van der Waals surface area contributed by atoms with Crippen molar-refractivity contribution < 1.29 is 4.79 Å². The molecule has 1 saturated carbocycles. The predicted molar refractivity (Wildman–Crippen MR) is 83.5 cm³/mol. The highest BCUT2D eigenvalue weighted by molar-refractivity contribution is 9.09. The highest BCUT2D eigenvalue weighted by Crippen LogP contribution is 2.28. The largest absolute Gasteiger partial charge is 0.343 e. The van der Waals surface area contributed by atoms with Crippen molar-refractivity contribution in [1.29, 1.82) is 0 Å². The third kappa shape index (κ3) is 4.77. The predicted octanol–water partition coefficient (Wildman–Crippen LogP) is 4.37. The van der Waals surface area contributed by atoms with Crippen molar-refractivity contribution >= 4 is 21.8 Å². The van der Waals surface area contributed by atoms with E-state index < -0.39 is 0 Å². The van der Waals surface area contributed by atoms with Crippen molar-refractivity contribution in [3.63, 3.8) is 0 Å². The number of alkyl halides is 1. The van der Waals surface area contributed by atoms with Crippen LogP contribution in [0.3, 0.4) is 0 Å². The number of carbonyl (C=O) groups is 1. The monoisotopic (exact) mass is 329 g/mol. The summed E-state index contributed by atoms with van der Waals surface area (Å²) in [6, 6.07) is 0. The number of rotatable bonds is 3. The van der Waals surface area contributed by atoms with E-state index in [0.717, 1.165) is 25.4 Å². The van der Waals surface area contributed by atoms with Gasteiger partial charge in [-0.3, -0.25) is 4.79 Å². The molecule has 0 aromatic heterocycles. The van der Waals surface area contributed by atoms with Gasteiger partial charge in [0.1, 0.15) is 0 Å². The summed E-state index contributed by atoms with van der Waals surface area (Å²) in [5.74, 6) is 1.84. The van der Waals surface area contributed by atoms with Crippen LogP contribution in [-0.2, 0) is 4.79 Å². The fourth-order valence-electron chi connectivity index (χ4n) is 3.55. The van der Waals surface area contributed by atoms with Gasteiger partial charge in [0.25, 0.3) is 0 Å². The molecule has 1 saturated heterocycles. The standard InChI is InChI=1S/C16H28BrNO/c1-13(17)15-8-10-18(11-9-15)16(19)12-14-6-4-2-3-5-7-14/h13-15H,2-12H2,1H3. The Hall–Kier alpha value is -0.0500. The average Bonchev–Trinajstić information content (AvgIpc) is 2.67. The lowest BCUT2D eigenvalue weighted by molar-refractivity contribution is -0.133. The second-order valence-electron chi connectivity index (χ2n) is 6.46. The first kappa shape index (κ1) is 15.3. The van der Waals surface area contributed by atoms with E-state index in [1.165, 1.54) is 51.4 Å². The highest BCUT2D eigenvalue weighted by Gasteiger charge is 2.26. The van der Waals surface area contributed by atoms with Gasteiger partial charge in [0.05, 0.1) is 0 Å². The number of halogens is 1. The molecular weight excluding hydrogens is 302 g/mol. The van der Waals surface area contributed by atoms with Crippen molar-refractivity contribution in [3.8, 4) is 0 Å². The molecule has 2 rings (SSSR count). The molecule has 0 spiro atoms. The zero-order chi connectivity index (χ0) is 13.7. The first-order valence-corrected chi connectivity index (χ1v) is 9.00. The first-order chi connectivity index (χ1) is 9.16. The molecule has 3 heteroatoms. The molecule has 1 unspecified atom stereocenters. The summed E-state index contributed by atoms with van der Waals surface area (Å²) in [7, 11) is 0. The molecule has 0 N–H and O–H groups in total. The van der Waals surface area contributed by atoms with Crippen molar-refractivity contribution in [3.05, 3.63) is 0 Å². The summed E-state index contributed by atoms with van der Waals surface area (Å²) in [6.07, 6.45) is 11.1. The smallest absolute Gasteiger partial charge is 0.222 e. The summed E-state index contributed by atoms with van der Waals surface area (Å²) in [5, 5.41) is 0. The van der Waals surface area contributed by atoms with Crippen LogP contribution in [0, 0.1) is 11.8 Å². The maximum Gasteiger partial charge on any atom is 0.222 e. The Morgan fingerprint density at radius 2 is 1.68 bits per heavy atom. The molecule has 1 aliphatic carbocycles. The van der Waals surface area contributed by atoms with Crippen LogP contribution < -0.4 is 0 Å². The van der Waals surface area contributed by atoms with E-state index in [0.29, 0.717) is 16.7 Å². The Morgan fingerprint density at radius 3 is 2.21 bits per heavy atom. The Morgan fingerprint density at radius 1 is 1.11 bits per heavy atom. The minimum Gasteiger partial charge on any atom is -0.343 e. The lowest BCUT2D eigenvalue weighted by Gasteiger charge is -2.34. The van der Waals surface area contributed by atoms with Gasteiger partial charge in [0.15, 0.2) is 0 Å². The number of carbonyl (C=O) groups excluding carboxylic acids is 1.